The van der Waals surface area contributed by atoms with Crippen molar-refractivity contribution in [1.82, 2.24) is 0 Å². The molecule has 2 nitrogen and oxygen atoms in total. The summed E-state index contributed by atoms with van der Waals surface area (Å²) in [6.45, 7) is 36.6. The summed E-state index contributed by atoms with van der Waals surface area (Å²) in [5.41, 5.74) is 27.8. The molecular formula is C74H81BN2. The first-order chi connectivity index (χ1) is 36.4. The zero-order chi connectivity index (χ0) is 54.4. The Morgan fingerprint density at radius 1 is 0.416 bits per heavy atom. The fourth-order valence-electron chi connectivity index (χ4n) is 14.2. The first-order valence-electron chi connectivity index (χ1n) is 29.0. The van der Waals surface area contributed by atoms with Crippen LogP contribution in [0.1, 0.15) is 180 Å². The van der Waals surface area contributed by atoms with E-state index in [0.29, 0.717) is 0 Å². The van der Waals surface area contributed by atoms with Gasteiger partial charge in [0.15, 0.2) is 0 Å². The van der Waals surface area contributed by atoms with Gasteiger partial charge in [0.1, 0.15) is 0 Å². The van der Waals surface area contributed by atoms with Gasteiger partial charge >= 0.3 is 0 Å². The Kier molecular flexibility index (Phi) is 11.8. The molecule has 0 spiro atoms. The van der Waals surface area contributed by atoms with Crippen LogP contribution in [0.25, 0.3) is 22.3 Å². The van der Waals surface area contributed by atoms with E-state index in [-0.39, 0.29) is 45.1 Å². The molecule has 0 radical (unpaired) electrons. The highest BCUT2D eigenvalue weighted by Crippen LogP contribution is 2.55. The van der Waals surface area contributed by atoms with Gasteiger partial charge in [-0.05, 0) is 185 Å². The minimum atomic E-state index is -0.272. The molecule has 2 heterocycles. The van der Waals surface area contributed by atoms with Gasteiger partial charge in [-0.15, -0.1) is 0 Å². The van der Waals surface area contributed by atoms with Crippen molar-refractivity contribution < 1.29 is 0 Å². The Labute approximate surface area is 463 Å². The molecule has 0 fully saturated rings. The highest BCUT2D eigenvalue weighted by Gasteiger charge is 2.48. The van der Waals surface area contributed by atoms with Crippen molar-refractivity contribution in [2.24, 2.45) is 0 Å². The second kappa shape index (κ2) is 17.7. The predicted molar refractivity (Wildman–Crippen MR) is 333 cm³/mol. The minimum absolute atomic E-state index is 0.0191. The quantitative estimate of drug-likeness (QED) is 0.147. The van der Waals surface area contributed by atoms with Crippen LogP contribution < -0.4 is 26.2 Å². The van der Waals surface area contributed by atoms with Crippen molar-refractivity contribution in [3.8, 4) is 22.3 Å². The van der Waals surface area contributed by atoms with Gasteiger partial charge < -0.3 is 9.80 Å². The highest BCUT2D eigenvalue weighted by atomic mass is 15.2. The van der Waals surface area contributed by atoms with Crippen molar-refractivity contribution in [3.05, 3.63) is 208 Å². The van der Waals surface area contributed by atoms with Crippen molar-refractivity contribution in [2.45, 2.75) is 168 Å². The van der Waals surface area contributed by atoms with Gasteiger partial charge in [0.2, 0.25) is 0 Å². The van der Waals surface area contributed by atoms with Gasteiger partial charge in [0.05, 0.1) is 5.69 Å². The topological polar surface area (TPSA) is 6.48 Å². The fraction of sp³-hybridized carbons (Fsp3) is 0.351. The lowest BCUT2D eigenvalue weighted by Crippen LogP contribution is -2.62. The van der Waals surface area contributed by atoms with Crippen LogP contribution in [0.4, 0.5) is 34.1 Å². The molecule has 8 aromatic carbocycles. The number of rotatable bonds is 7. The highest BCUT2D eigenvalue weighted by molar-refractivity contribution is 7.00. The average Bonchev–Trinajstić information content (AvgIpc) is 3.51. The lowest BCUT2D eigenvalue weighted by molar-refractivity contribution is 0.332. The van der Waals surface area contributed by atoms with E-state index in [2.05, 4.69) is 277 Å². The van der Waals surface area contributed by atoms with E-state index in [1.54, 1.807) is 0 Å². The number of anilines is 6. The van der Waals surface area contributed by atoms with E-state index in [1.807, 2.05) is 0 Å². The third-order valence-corrected chi connectivity index (χ3v) is 19.4. The largest absolute Gasteiger partial charge is 0.311 e. The molecule has 0 amide bonds. The predicted octanol–water partition coefficient (Wildman–Crippen LogP) is 18.5. The van der Waals surface area contributed by atoms with Crippen LogP contribution >= 0.6 is 0 Å². The van der Waals surface area contributed by atoms with Crippen LogP contribution in [-0.4, -0.2) is 6.71 Å². The van der Waals surface area contributed by atoms with Gasteiger partial charge in [-0.3, -0.25) is 0 Å². The lowest BCUT2D eigenvalue weighted by Gasteiger charge is -2.48. The number of fused-ring (bicyclic) bond motifs is 6. The van der Waals surface area contributed by atoms with E-state index in [0.717, 1.165) is 12.8 Å². The van der Waals surface area contributed by atoms with Crippen LogP contribution in [0.15, 0.2) is 164 Å². The molecule has 0 aromatic heterocycles. The molecule has 0 atom stereocenters. The Bertz CT molecular complexity index is 3620. The number of hydrogen-bond acceptors (Lipinski definition) is 2. The molecule has 390 valence electrons. The second-order valence-electron chi connectivity index (χ2n) is 28.1. The molecule has 0 saturated heterocycles. The summed E-state index contributed by atoms with van der Waals surface area (Å²) in [7, 11) is 0. The van der Waals surface area contributed by atoms with Gasteiger partial charge in [-0.1, -0.05) is 219 Å². The zero-order valence-electron chi connectivity index (χ0n) is 49.0. The molecule has 4 aliphatic rings. The van der Waals surface area contributed by atoms with Crippen LogP contribution in [-0.2, 0) is 32.5 Å². The molecule has 0 bridgehead atoms. The first-order valence-corrected chi connectivity index (χ1v) is 29.0. The minimum Gasteiger partial charge on any atom is -0.311 e. The molecule has 0 N–H and O–H groups in total. The van der Waals surface area contributed by atoms with Crippen LogP contribution in [0.5, 0.6) is 0 Å². The maximum absolute atomic E-state index is 2.73. The molecule has 8 aromatic rings. The Hall–Kier alpha value is -6.58. The maximum atomic E-state index is 2.73. The van der Waals surface area contributed by atoms with Crippen LogP contribution in [0, 0.1) is 0 Å². The normalized spacial score (nSPS) is 17.5. The zero-order valence-corrected chi connectivity index (χ0v) is 49.0. The summed E-state index contributed by atoms with van der Waals surface area (Å²) in [5.74, 6) is 0.271. The fourth-order valence-corrected chi connectivity index (χ4v) is 14.2. The van der Waals surface area contributed by atoms with Crippen molar-refractivity contribution >= 4 is 57.2 Å². The molecule has 2 aliphatic heterocycles. The average molecular weight is 1010 g/mol. The van der Waals surface area contributed by atoms with Gasteiger partial charge in [0, 0.05) is 39.4 Å². The number of hydrogen-bond donors (Lipinski definition) is 0. The van der Waals surface area contributed by atoms with Crippen LogP contribution in [0.2, 0.25) is 0 Å². The Morgan fingerprint density at radius 3 is 1.49 bits per heavy atom. The summed E-state index contributed by atoms with van der Waals surface area (Å²) >= 11 is 0. The van der Waals surface area contributed by atoms with Crippen LogP contribution in [0.3, 0.4) is 0 Å². The Morgan fingerprint density at radius 2 is 0.922 bits per heavy atom. The summed E-state index contributed by atoms with van der Waals surface area (Å²) in [5, 5.41) is 0. The number of nitrogens with zero attached hydrogens (tertiary/aromatic N) is 2. The summed E-state index contributed by atoms with van der Waals surface area (Å²) in [6, 6.07) is 64.4. The van der Waals surface area contributed by atoms with E-state index in [4.69, 9.17) is 0 Å². The molecule has 12 rings (SSSR count). The molecule has 0 saturated carbocycles. The summed E-state index contributed by atoms with van der Waals surface area (Å²) < 4.78 is 0. The summed E-state index contributed by atoms with van der Waals surface area (Å²) in [6.07, 6.45) is 4.68. The van der Waals surface area contributed by atoms with Crippen molar-refractivity contribution in [1.29, 1.82) is 0 Å². The standard InChI is InChI=1S/C74H81BN2/c1-47(2)50-39-66-68-67(40-50)77(63-44-54(48-25-19-16-20-26-48)57(69(3,4)5)43-55(63)49-27-21-17-22-28-49)64-41-52(74(14,15)51-29-23-18-24-30-51)31-34-61(64)75(68)62-45-59-60(73(12,13)38-37-72(59,10)11)46-65(62)76(66)53-32-33-56-58(42-53)71(8,9)36-35-70(56,6)7/h16-34,39-47H,35-38H2,1-15H3. The van der Waals surface area contributed by atoms with Crippen molar-refractivity contribution in [2.75, 3.05) is 9.80 Å². The van der Waals surface area contributed by atoms with E-state index < -0.39 is 0 Å². The molecule has 3 heteroatoms. The van der Waals surface area contributed by atoms with E-state index >= 15 is 0 Å². The van der Waals surface area contributed by atoms with Gasteiger partial charge in [-0.2, -0.15) is 0 Å². The van der Waals surface area contributed by atoms with E-state index in [1.165, 1.54) is 130 Å². The molecule has 77 heavy (non-hydrogen) atoms. The molecule has 2 aliphatic carbocycles. The lowest BCUT2D eigenvalue weighted by atomic mass is 9.33. The maximum Gasteiger partial charge on any atom is 0.252 e. The van der Waals surface area contributed by atoms with Crippen molar-refractivity contribution in [3.63, 3.8) is 0 Å². The third-order valence-electron chi connectivity index (χ3n) is 19.4. The second-order valence-corrected chi connectivity index (χ2v) is 28.1. The monoisotopic (exact) mass is 1010 g/mol. The smallest absolute Gasteiger partial charge is 0.252 e. The van der Waals surface area contributed by atoms with Gasteiger partial charge in [0.25, 0.3) is 6.71 Å². The van der Waals surface area contributed by atoms with Gasteiger partial charge in [-0.25, -0.2) is 0 Å². The third kappa shape index (κ3) is 8.26. The SMILES string of the molecule is CC(C)c1cc2c3c(c1)N(c1cc(-c4ccccc4)c(C(C)(C)C)cc1-c1ccccc1)c1cc(C(C)(C)c4ccccc4)ccc1B3c1cc3c(cc1N2c1ccc2c(c1)C(C)(C)CCC2(C)C)C(C)(C)CCC3(C)C. The molecular weight excluding hydrogens is 928 g/mol. The summed E-state index contributed by atoms with van der Waals surface area (Å²) in [4.78, 5) is 5.47. The molecule has 0 unspecified atom stereocenters. The van der Waals surface area contributed by atoms with E-state index in [9.17, 15) is 0 Å². The number of benzene rings is 8. The first kappa shape index (κ1) is 51.2. The Balaban J connectivity index is 1.25.